The quantitative estimate of drug-likeness (QED) is 0.385. The van der Waals surface area contributed by atoms with Crippen molar-refractivity contribution in [2.75, 3.05) is 0 Å². The summed E-state index contributed by atoms with van der Waals surface area (Å²) in [6.45, 7) is 0. The number of rotatable bonds is 11. The molecule has 6 heteroatoms. The number of nitrogens with one attached hydrogen (secondary N) is 1. The molecule has 26 heavy (non-hydrogen) atoms. The van der Waals surface area contributed by atoms with Crippen molar-refractivity contribution in [2.24, 2.45) is 17.8 Å². The highest BCUT2D eigenvalue weighted by atomic mass is 16.4. The number of unbranched alkanes of at least 4 members (excludes halogenated alkanes) is 3. The summed E-state index contributed by atoms with van der Waals surface area (Å²) in [5.41, 5.74) is 0. The molecule has 1 saturated heterocycles. The van der Waals surface area contributed by atoms with E-state index in [0.717, 1.165) is 32.1 Å². The number of aliphatic hydroxyl groups excluding tert-OH is 1. The monoisotopic (exact) mass is 367 g/mol. The molecule has 0 aromatic heterocycles. The first-order valence-corrected chi connectivity index (χ1v) is 10.2. The summed E-state index contributed by atoms with van der Waals surface area (Å²) < 4.78 is 0. The summed E-state index contributed by atoms with van der Waals surface area (Å²) in [6.07, 6.45) is 10.6. The highest BCUT2D eigenvalue weighted by molar-refractivity contribution is 6.04. The van der Waals surface area contributed by atoms with Crippen LogP contribution in [-0.2, 0) is 14.4 Å². The predicted molar refractivity (Wildman–Crippen MR) is 97.3 cm³/mol. The Kier molecular flexibility index (Phi) is 8.55. The zero-order valence-corrected chi connectivity index (χ0v) is 15.6. The lowest BCUT2D eigenvalue weighted by Crippen LogP contribution is -2.26. The highest BCUT2D eigenvalue weighted by Crippen LogP contribution is 2.33. The van der Waals surface area contributed by atoms with E-state index in [1.807, 2.05) is 0 Å². The maximum Gasteiger partial charge on any atom is 0.303 e. The van der Waals surface area contributed by atoms with Gasteiger partial charge in [0.25, 0.3) is 0 Å². The molecule has 2 aliphatic rings. The summed E-state index contributed by atoms with van der Waals surface area (Å²) in [6, 6.07) is 0. The molecule has 3 N–H and O–H groups in total. The van der Waals surface area contributed by atoms with Crippen molar-refractivity contribution in [2.45, 2.75) is 89.6 Å². The van der Waals surface area contributed by atoms with Crippen molar-refractivity contribution in [1.82, 2.24) is 5.32 Å². The van der Waals surface area contributed by atoms with Gasteiger partial charge in [0, 0.05) is 12.3 Å². The molecular formula is C20H33NO5. The first-order valence-electron chi connectivity index (χ1n) is 10.2. The number of amides is 2. The second-order valence-corrected chi connectivity index (χ2v) is 7.96. The third-order valence-corrected chi connectivity index (χ3v) is 6.03. The summed E-state index contributed by atoms with van der Waals surface area (Å²) in [5.74, 6) is -1.42. The number of imide groups is 1. The molecule has 0 spiro atoms. The van der Waals surface area contributed by atoms with Crippen molar-refractivity contribution in [3.63, 3.8) is 0 Å². The van der Waals surface area contributed by atoms with Crippen LogP contribution in [0.3, 0.4) is 0 Å². The molecular weight excluding hydrogens is 334 g/mol. The van der Waals surface area contributed by atoms with Gasteiger partial charge in [-0.1, -0.05) is 38.5 Å². The van der Waals surface area contributed by atoms with E-state index in [9.17, 15) is 19.5 Å². The van der Waals surface area contributed by atoms with Crippen LogP contribution in [0, 0.1) is 17.8 Å². The average Bonchev–Trinajstić information content (AvgIpc) is 2.89. The predicted octanol–water partition coefficient (Wildman–Crippen LogP) is 3.02. The van der Waals surface area contributed by atoms with Crippen LogP contribution >= 0.6 is 0 Å². The number of carboxylic acid groups (broad SMARTS) is 1. The minimum absolute atomic E-state index is 0.183. The van der Waals surface area contributed by atoms with Crippen LogP contribution in [0.2, 0.25) is 0 Å². The lowest BCUT2D eigenvalue weighted by Gasteiger charge is -2.27. The molecule has 3 atom stereocenters. The molecule has 1 aliphatic carbocycles. The van der Waals surface area contributed by atoms with Gasteiger partial charge in [-0.25, -0.2) is 0 Å². The maximum atomic E-state index is 12.1. The van der Waals surface area contributed by atoms with Crippen LogP contribution in [0.25, 0.3) is 0 Å². The molecule has 1 aliphatic heterocycles. The molecule has 2 amide bonds. The van der Waals surface area contributed by atoms with Gasteiger partial charge in [-0.15, -0.1) is 0 Å². The third kappa shape index (κ3) is 6.38. The Labute approximate surface area is 155 Å². The lowest BCUT2D eigenvalue weighted by atomic mass is 9.80. The van der Waals surface area contributed by atoms with Crippen LogP contribution in [0.15, 0.2) is 0 Å². The molecule has 0 radical (unpaired) electrons. The fourth-order valence-electron chi connectivity index (χ4n) is 4.44. The molecule has 6 nitrogen and oxygen atoms in total. The average molecular weight is 367 g/mol. The second-order valence-electron chi connectivity index (χ2n) is 7.96. The van der Waals surface area contributed by atoms with Crippen LogP contribution in [0.5, 0.6) is 0 Å². The van der Waals surface area contributed by atoms with Gasteiger partial charge < -0.3 is 10.2 Å². The number of carbonyl (C=O) groups excluding carboxylic acids is 2. The minimum Gasteiger partial charge on any atom is -0.481 e. The molecule has 1 heterocycles. The largest absolute Gasteiger partial charge is 0.481 e. The van der Waals surface area contributed by atoms with Gasteiger partial charge in [0.05, 0.1) is 12.0 Å². The van der Waals surface area contributed by atoms with E-state index in [2.05, 4.69) is 5.32 Å². The van der Waals surface area contributed by atoms with E-state index in [0.29, 0.717) is 31.6 Å². The normalized spacial score (nSPS) is 25.3. The first kappa shape index (κ1) is 20.9. The van der Waals surface area contributed by atoms with Crippen molar-refractivity contribution in [3.8, 4) is 0 Å². The zero-order valence-electron chi connectivity index (χ0n) is 15.6. The second kappa shape index (κ2) is 10.7. The van der Waals surface area contributed by atoms with E-state index in [1.165, 1.54) is 19.3 Å². The Morgan fingerprint density at radius 1 is 0.962 bits per heavy atom. The maximum absolute atomic E-state index is 12.1. The number of carboxylic acids is 1. The van der Waals surface area contributed by atoms with Crippen LogP contribution in [-0.4, -0.2) is 34.1 Å². The fraction of sp³-hybridized carbons (Fsp3) is 0.850. The highest BCUT2D eigenvalue weighted by Gasteiger charge is 2.41. The van der Waals surface area contributed by atoms with Gasteiger partial charge in [-0.3, -0.25) is 19.7 Å². The molecule has 2 rings (SSSR count). The van der Waals surface area contributed by atoms with Crippen molar-refractivity contribution >= 4 is 17.8 Å². The first-order chi connectivity index (χ1) is 12.5. The Morgan fingerprint density at radius 2 is 1.58 bits per heavy atom. The standard InChI is InChI=1S/C20H33NO5/c22-17(14-8-4-3-5-9-14)13-12-16-15(19(25)21-20(16)26)10-6-1-2-7-11-18(23)24/h14-17,22H,1-13H2,(H,23,24)(H,21,25,26)/t15-,16?,17?/m0/s1. The molecule has 0 bridgehead atoms. The Balaban J connectivity index is 1.73. The van der Waals surface area contributed by atoms with E-state index in [-0.39, 0.29) is 36.2 Å². The molecule has 2 unspecified atom stereocenters. The number of aliphatic hydroxyl groups is 1. The number of carbonyl (C=O) groups is 3. The van der Waals surface area contributed by atoms with Gasteiger partial charge in [-0.2, -0.15) is 0 Å². The number of aliphatic carboxylic acids is 1. The van der Waals surface area contributed by atoms with Crippen molar-refractivity contribution in [3.05, 3.63) is 0 Å². The Bertz CT molecular complexity index is 487. The van der Waals surface area contributed by atoms with E-state index in [1.54, 1.807) is 0 Å². The molecule has 1 saturated carbocycles. The SMILES string of the molecule is O=C(O)CCCCCC[C@@H]1C(=O)NC(=O)C1CCC(O)C1CCCCC1. The van der Waals surface area contributed by atoms with Gasteiger partial charge in [0.2, 0.25) is 11.8 Å². The van der Waals surface area contributed by atoms with Crippen LogP contribution in [0.1, 0.15) is 83.5 Å². The number of hydrogen-bond donors (Lipinski definition) is 3. The van der Waals surface area contributed by atoms with Crippen molar-refractivity contribution < 1.29 is 24.6 Å². The van der Waals surface area contributed by atoms with Crippen molar-refractivity contribution in [1.29, 1.82) is 0 Å². The van der Waals surface area contributed by atoms with Gasteiger partial charge in [0.15, 0.2) is 0 Å². The molecule has 2 fully saturated rings. The summed E-state index contributed by atoms with van der Waals surface area (Å²) >= 11 is 0. The molecule has 0 aromatic rings. The topological polar surface area (TPSA) is 104 Å². The molecule has 148 valence electrons. The lowest BCUT2D eigenvalue weighted by molar-refractivity contribution is -0.137. The smallest absolute Gasteiger partial charge is 0.303 e. The van der Waals surface area contributed by atoms with E-state index < -0.39 is 5.97 Å². The van der Waals surface area contributed by atoms with Crippen LogP contribution < -0.4 is 5.32 Å². The van der Waals surface area contributed by atoms with Gasteiger partial charge in [0.1, 0.15) is 0 Å². The van der Waals surface area contributed by atoms with Gasteiger partial charge in [-0.05, 0) is 44.4 Å². The Morgan fingerprint density at radius 3 is 2.23 bits per heavy atom. The number of hydrogen-bond acceptors (Lipinski definition) is 4. The van der Waals surface area contributed by atoms with E-state index in [4.69, 9.17) is 5.11 Å². The zero-order chi connectivity index (χ0) is 18.9. The Hall–Kier alpha value is -1.43. The van der Waals surface area contributed by atoms with Crippen LogP contribution in [0.4, 0.5) is 0 Å². The third-order valence-electron chi connectivity index (χ3n) is 6.03. The minimum atomic E-state index is -0.776. The van der Waals surface area contributed by atoms with Gasteiger partial charge >= 0.3 is 5.97 Å². The summed E-state index contributed by atoms with van der Waals surface area (Å²) in [7, 11) is 0. The summed E-state index contributed by atoms with van der Waals surface area (Å²) in [4.78, 5) is 34.7. The summed E-state index contributed by atoms with van der Waals surface area (Å²) in [5, 5.41) is 21.5. The fourth-order valence-corrected chi connectivity index (χ4v) is 4.44. The van der Waals surface area contributed by atoms with E-state index >= 15 is 0 Å². The molecule has 0 aromatic carbocycles.